The maximum absolute atomic E-state index is 10.7. The van der Waals surface area contributed by atoms with Crippen molar-refractivity contribution in [1.29, 1.82) is 5.41 Å². The van der Waals surface area contributed by atoms with Gasteiger partial charge in [0, 0.05) is 12.0 Å². The van der Waals surface area contributed by atoms with Gasteiger partial charge in [-0.25, -0.2) is 0 Å². The van der Waals surface area contributed by atoms with Crippen molar-refractivity contribution in [3.8, 4) is 16.9 Å². The third kappa shape index (κ3) is 4.94. The molecule has 0 saturated heterocycles. The van der Waals surface area contributed by atoms with Gasteiger partial charge in [-0.2, -0.15) is 0 Å². The van der Waals surface area contributed by atoms with Crippen LogP contribution in [0.5, 0.6) is 5.75 Å². The van der Waals surface area contributed by atoms with Crippen molar-refractivity contribution < 1.29 is 5.11 Å². The van der Waals surface area contributed by atoms with Gasteiger partial charge in [0.2, 0.25) is 0 Å². The number of phenols is 1. The molecule has 0 atom stereocenters. The Kier molecular flexibility index (Phi) is 6.81. The minimum atomic E-state index is 0.0677. The summed E-state index contributed by atoms with van der Waals surface area (Å²) >= 11 is 0. The number of rotatable bonds is 9. The number of unbranched alkanes of at least 4 members (excludes halogenated alkanes) is 3. The fraction of sp³-hybridized carbons (Fsp3) is 0.435. The summed E-state index contributed by atoms with van der Waals surface area (Å²) < 4.78 is 0. The SMILES string of the molecule is CCCCCCC(C)(C)c1ccc(-c2ccccc2CC=N)c(O)c1. The second-order valence-electron chi connectivity index (χ2n) is 7.49. The van der Waals surface area contributed by atoms with Gasteiger partial charge >= 0.3 is 0 Å². The highest BCUT2D eigenvalue weighted by Gasteiger charge is 2.21. The lowest BCUT2D eigenvalue weighted by molar-refractivity contribution is 0.438. The van der Waals surface area contributed by atoms with Crippen molar-refractivity contribution in [3.05, 3.63) is 53.6 Å². The summed E-state index contributed by atoms with van der Waals surface area (Å²) in [7, 11) is 0. The van der Waals surface area contributed by atoms with E-state index < -0.39 is 0 Å². The van der Waals surface area contributed by atoms with E-state index in [9.17, 15) is 5.11 Å². The summed E-state index contributed by atoms with van der Waals surface area (Å²) in [6.45, 7) is 6.75. The maximum atomic E-state index is 10.7. The zero-order valence-corrected chi connectivity index (χ0v) is 15.8. The first kappa shape index (κ1) is 19.2. The molecule has 0 aliphatic rings. The molecule has 134 valence electrons. The monoisotopic (exact) mass is 337 g/mol. The van der Waals surface area contributed by atoms with Crippen molar-refractivity contribution in [3.63, 3.8) is 0 Å². The Morgan fingerprint density at radius 1 is 1.00 bits per heavy atom. The standard InChI is InChI=1S/C23H31NO/c1-4-5-6-9-15-23(2,3)19-12-13-21(22(25)17-19)20-11-8-7-10-18(20)14-16-24/h7-8,10-13,16-17,24-25H,4-6,9,14-15H2,1-3H3. The molecular formula is C23H31NO. The predicted molar refractivity (Wildman–Crippen MR) is 108 cm³/mol. The van der Waals surface area contributed by atoms with Gasteiger partial charge in [-0.15, -0.1) is 0 Å². The number of phenolic OH excluding ortho intramolecular Hbond substituents is 1. The molecule has 0 saturated carbocycles. The highest BCUT2D eigenvalue weighted by molar-refractivity contribution is 5.76. The molecule has 0 aliphatic heterocycles. The van der Waals surface area contributed by atoms with E-state index in [1.165, 1.54) is 37.5 Å². The minimum absolute atomic E-state index is 0.0677. The van der Waals surface area contributed by atoms with Gasteiger partial charge < -0.3 is 10.5 Å². The lowest BCUT2D eigenvalue weighted by Crippen LogP contribution is -2.16. The molecule has 0 aromatic heterocycles. The topological polar surface area (TPSA) is 44.1 Å². The summed E-state index contributed by atoms with van der Waals surface area (Å²) in [5, 5.41) is 18.0. The van der Waals surface area contributed by atoms with Gasteiger partial charge in [0.25, 0.3) is 0 Å². The van der Waals surface area contributed by atoms with Crippen LogP contribution in [0.1, 0.15) is 64.0 Å². The summed E-state index contributed by atoms with van der Waals surface area (Å²) in [4.78, 5) is 0. The first-order valence-electron chi connectivity index (χ1n) is 9.40. The molecule has 0 fully saturated rings. The average molecular weight is 338 g/mol. The summed E-state index contributed by atoms with van der Waals surface area (Å²) in [5.41, 5.74) is 4.19. The van der Waals surface area contributed by atoms with Gasteiger partial charge in [-0.05, 0) is 40.8 Å². The van der Waals surface area contributed by atoms with Crippen LogP contribution in [0, 0.1) is 5.41 Å². The van der Waals surface area contributed by atoms with E-state index in [1.54, 1.807) is 0 Å². The van der Waals surface area contributed by atoms with E-state index in [0.29, 0.717) is 12.2 Å². The van der Waals surface area contributed by atoms with Crippen LogP contribution in [0.4, 0.5) is 0 Å². The average Bonchev–Trinajstić information content (AvgIpc) is 2.60. The Bertz CT molecular complexity index is 703. The van der Waals surface area contributed by atoms with Crippen LogP contribution < -0.4 is 0 Å². The van der Waals surface area contributed by atoms with Gasteiger partial charge in [-0.1, -0.05) is 82.9 Å². The Balaban J connectivity index is 2.25. The van der Waals surface area contributed by atoms with Crippen LogP contribution >= 0.6 is 0 Å². The molecule has 0 heterocycles. The normalized spacial score (nSPS) is 11.5. The van der Waals surface area contributed by atoms with Crippen molar-refractivity contribution in [1.82, 2.24) is 0 Å². The number of nitrogens with one attached hydrogen (secondary N) is 1. The largest absolute Gasteiger partial charge is 0.507 e. The molecule has 2 aromatic carbocycles. The molecule has 2 N–H and O–H groups in total. The fourth-order valence-electron chi connectivity index (χ4n) is 3.39. The lowest BCUT2D eigenvalue weighted by atomic mass is 9.79. The van der Waals surface area contributed by atoms with E-state index in [1.807, 2.05) is 36.4 Å². The smallest absolute Gasteiger partial charge is 0.123 e. The summed E-state index contributed by atoms with van der Waals surface area (Å²) in [6.07, 6.45) is 8.18. The second-order valence-corrected chi connectivity index (χ2v) is 7.49. The van der Waals surface area contributed by atoms with Crippen LogP contribution in [0.2, 0.25) is 0 Å². The zero-order valence-electron chi connectivity index (χ0n) is 15.8. The second kappa shape index (κ2) is 8.84. The molecule has 25 heavy (non-hydrogen) atoms. The molecule has 0 bridgehead atoms. The molecule has 2 rings (SSSR count). The molecule has 2 heteroatoms. The van der Waals surface area contributed by atoms with Gasteiger partial charge in [-0.3, -0.25) is 0 Å². The van der Waals surface area contributed by atoms with Gasteiger partial charge in [0.1, 0.15) is 5.75 Å². The Labute approximate surface area is 152 Å². The minimum Gasteiger partial charge on any atom is -0.507 e. The molecule has 2 nitrogen and oxygen atoms in total. The van der Waals surface area contributed by atoms with Crippen LogP contribution in [0.25, 0.3) is 11.1 Å². The number of aromatic hydroxyl groups is 1. The zero-order chi connectivity index (χ0) is 18.3. The van der Waals surface area contributed by atoms with Crippen molar-refractivity contribution in [2.24, 2.45) is 0 Å². The molecule has 0 aliphatic carbocycles. The molecular weight excluding hydrogens is 306 g/mol. The molecule has 0 spiro atoms. The Morgan fingerprint density at radius 2 is 1.76 bits per heavy atom. The summed E-state index contributed by atoms with van der Waals surface area (Å²) in [5.74, 6) is 0.330. The van der Waals surface area contributed by atoms with E-state index in [-0.39, 0.29) is 5.41 Å². The Hall–Kier alpha value is -2.09. The first-order valence-corrected chi connectivity index (χ1v) is 9.40. The Morgan fingerprint density at radius 3 is 2.44 bits per heavy atom. The van der Waals surface area contributed by atoms with Gasteiger partial charge in [0.05, 0.1) is 0 Å². The lowest BCUT2D eigenvalue weighted by Gasteiger charge is -2.26. The van der Waals surface area contributed by atoms with E-state index >= 15 is 0 Å². The number of benzene rings is 2. The number of hydrogen-bond acceptors (Lipinski definition) is 2. The van der Waals surface area contributed by atoms with Crippen LogP contribution in [0.3, 0.4) is 0 Å². The third-order valence-corrected chi connectivity index (χ3v) is 5.06. The molecule has 0 unspecified atom stereocenters. The molecule has 2 aromatic rings. The van der Waals surface area contributed by atoms with Crippen LogP contribution in [-0.2, 0) is 11.8 Å². The van der Waals surface area contributed by atoms with Crippen LogP contribution in [-0.4, -0.2) is 11.3 Å². The molecule has 0 amide bonds. The van der Waals surface area contributed by atoms with E-state index in [2.05, 4.69) is 26.8 Å². The van der Waals surface area contributed by atoms with Crippen molar-refractivity contribution in [2.45, 2.75) is 64.7 Å². The predicted octanol–water partition coefficient (Wildman–Crippen LogP) is 6.50. The third-order valence-electron chi connectivity index (χ3n) is 5.06. The fourth-order valence-corrected chi connectivity index (χ4v) is 3.39. The first-order chi connectivity index (χ1) is 12.0. The van der Waals surface area contributed by atoms with Crippen molar-refractivity contribution in [2.75, 3.05) is 0 Å². The van der Waals surface area contributed by atoms with Crippen molar-refractivity contribution >= 4 is 6.21 Å². The quantitative estimate of drug-likeness (QED) is 0.398. The highest BCUT2D eigenvalue weighted by atomic mass is 16.3. The highest BCUT2D eigenvalue weighted by Crippen LogP contribution is 2.37. The van der Waals surface area contributed by atoms with E-state index in [4.69, 9.17) is 5.41 Å². The van der Waals surface area contributed by atoms with Gasteiger partial charge in [0.15, 0.2) is 0 Å². The maximum Gasteiger partial charge on any atom is 0.123 e. The summed E-state index contributed by atoms with van der Waals surface area (Å²) in [6, 6.07) is 14.1. The number of hydrogen-bond donors (Lipinski definition) is 2. The molecule has 0 radical (unpaired) electrons. The van der Waals surface area contributed by atoms with Crippen LogP contribution in [0.15, 0.2) is 42.5 Å². The van der Waals surface area contributed by atoms with E-state index in [0.717, 1.165) is 23.1 Å².